The van der Waals surface area contributed by atoms with Crippen molar-refractivity contribution in [3.8, 4) is 0 Å². The van der Waals surface area contributed by atoms with Crippen molar-refractivity contribution in [3.63, 3.8) is 0 Å². The first-order valence-electron chi connectivity index (χ1n) is 5.06. The predicted molar refractivity (Wildman–Crippen MR) is 66.3 cm³/mol. The fourth-order valence-electron chi connectivity index (χ4n) is 3.11. The van der Waals surface area contributed by atoms with Crippen molar-refractivity contribution in [2.75, 3.05) is 0 Å². The van der Waals surface area contributed by atoms with E-state index in [0.717, 1.165) is 6.42 Å². The standard InChI is InChI=1S/C11H8Cl4O/c12-7-4-10(14)5-1-2-6(3-5)11(10,15)9(16)8(7)13/h1-2,5-6H,3-4H2/t5-,6-,10+,11-/m0/s1. The molecule has 3 rings (SSSR count). The van der Waals surface area contributed by atoms with Gasteiger partial charge in [0.25, 0.3) is 0 Å². The number of halogens is 4. The van der Waals surface area contributed by atoms with Gasteiger partial charge in [-0.25, -0.2) is 0 Å². The van der Waals surface area contributed by atoms with Crippen LogP contribution in [0.3, 0.4) is 0 Å². The summed E-state index contributed by atoms with van der Waals surface area (Å²) in [6.07, 6.45) is 5.19. The van der Waals surface area contributed by atoms with E-state index in [4.69, 9.17) is 46.4 Å². The Morgan fingerprint density at radius 2 is 1.81 bits per heavy atom. The quantitative estimate of drug-likeness (QED) is 0.491. The van der Waals surface area contributed by atoms with Gasteiger partial charge in [0.05, 0.1) is 4.87 Å². The first-order valence-corrected chi connectivity index (χ1v) is 6.57. The molecule has 1 saturated carbocycles. The summed E-state index contributed by atoms with van der Waals surface area (Å²) >= 11 is 25.0. The molecule has 0 aromatic carbocycles. The van der Waals surface area contributed by atoms with Gasteiger partial charge in [0, 0.05) is 17.4 Å². The highest BCUT2D eigenvalue weighted by molar-refractivity contribution is 6.57. The lowest BCUT2D eigenvalue weighted by Gasteiger charge is -2.44. The van der Waals surface area contributed by atoms with Crippen LogP contribution in [0.5, 0.6) is 0 Å². The van der Waals surface area contributed by atoms with Gasteiger partial charge in [-0.2, -0.15) is 0 Å². The minimum atomic E-state index is -1.11. The van der Waals surface area contributed by atoms with Gasteiger partial charge >= 0.3 is 0 Å². The molecule has 0 aromatic heterocycles. The van der Waals surface area contributed by atoms with E-state index in [2.05, 4.69) is 0 Å². The molecule has 0 aromatic rings. The number of hydrogen-bond donors (Lipinski definition) is 0. The molecule has 0 amide bonds. The number of ketones is 1. The average Bonchev–Trinajstić information content (AvgIpc) is 2.79. The Morgan fingerprint density at radius 3 is 2.50 bits per heavy atom. The number of fused-ring (bicyclic) bond motifs is 5. The van der Waals surface area contributed by atoms with Crippen LogP contribution in [-0.2, 0) is 4.79 Å². The molecule has 1 nitrogen and oxygen atoms in total. The summed E-state index contributed by atoms with van der Waals surface area (Å²) in [6, 6.07) is 0. The third-order valence-electron chi connectivity index (χ3n) is 3.97. The van der Waals surface area contributed by atoms with Gasteiger partial charge < -0.3 is 0 Å². The normalized spacial score (nSPS) is 50.1. The molecular weight excluding hydrogens is 290 g/mol. The molecule has 0 spiro atoms. The monoisotopic (exact) mass is 296 g/mol. The second kappa shape index (κ2) is 3.20. The zero-order valence-electron chi connectivity index (χ0n) is 8.14. The molecule has 86 valence electrons. The smallest absolute Gasteiger partial charge is 0.198 e. The summed E-state index contributed by atoms with van der Waals surface area (Å²) in [5.74, 6) is -0.235. The van der Waals surface area contributed by atoms with Crippen molar-refractivity contribution in [3.05, 3.63) is 22.2 Å². The van der Waals surface area contributed by atoms with Crippen molar-refractivity contribution in [1.82, 2.24) is 0 Å². The van der Waals surface area contributed by atoms with Gasteiger partial charge in [0.15, 0.2) is 5.78 Å². The SMILES string of the molecule is O=C1C(Cl)=C(Cl)C[C@@]2(Cl)[C@H]3C=C[C@@H](C3)[C@]12Cl. The van der Waals surface area contributed by atoms with Crippen molar-refractivity contribution in [2.45, 2.75) is 22.6 Å². The molecule has 16 heavy (non-hydrogen) atoms. The molecule has 2 bridgehead atoms. The summed E-state index contributed by atoms with van der Waals surface area (Å²) in [5, 5.41) is 0.382. The summed E-state index contributed by atoms with van der Waals surface area (Å²) in [5.41, 5.74) is 0. The largest absolute Gasteiger partial charge is 0.291 e. The van der Waals surface area contributed by atoms with Gasteiger partial charge in [-0.3, -0.25) is 4.79 Å². The molecule has 0 heterocycles. The zero-order valence-corrected chi connectivity index (χ0v) is 11.2. The fourth-order valence-corrected chi connectivity index (χ4v) is 4.73. The third kappa shape index (κ3) is 1.04. The van der Waals surface area contributed by atoms with Crippen LogP contribution in [0, 0.1) is 11.8 Å². The lowest BCUT2D eigenvalue weighted by molar-refractivity contribution is -0.119. The van der Waals surface area contributed by atoms with Gasteiger partial charge in [-0.15, -0.1) is 23.2 Å². The minimum absolute atomic E-state index is 0.0253. The minimum Gasteiger partial charge on any atom is -0.291 e. The number of hydrogen-bond acceptors (Lipinski definition) is 1. The van der Waals surface area contributed by atoms with Crippen molar-refractivity contribution in [2.24, 2.45) is 11.8 Å². The number of allylic oxidation sites excluding steroid dienone is 4. The highest BCUT2D eigenvalue weighted by atomic mass is 35.5. The third-order valence-corrected chi connectivity index (χ3v) is 6.38. The van der Waals surface area contributed by atoms with Gasteiger partial charge in [0.2, 0.25) is 0 Å². The van der Waals surface area contributed by atoms with Crippen LogP contribution in [-0.4, -0.2) is 15.5 Å². The molecule has 0 N–H and O–H groups in total. The maximum absolute atomic E-state index is 12.2. The van der Waals surface area contributed by atoms with E-state index in [1.165, 1.54) is 0 Å². The maximum Gasteiger partial charge on any atom is 0.198 e. The molecule has 0 aliphatic heterocycles. The lowest BCUT2D eigenvalue weighted by Crippen LogP contribution is -2.57. The number of carbonyl (C=O) groups excluding carboxylic acids is 1. The Balaban J connectivity index is 2.22. The van der Waals surface area contributed by atoms with Gasteiger partial charge in [-0.1, -0.05) is 35.4 Å². The van der Waals surface area contributed by atoms with Crippen LogP contribution in [0.2, 0.25) is 0 Å². The molecule has 0 unspecified atom stereocenters. The van der Waals surface area contributed by atoms with E-state index < -0.39 is 9.75 Å². The highest BCUT2D eigenvalue weighted by Crippen LogP contribution is 2.65. The van der Waals surface area contributed by atoms with Crippen molar-refractivity contribution in [1.29, 1.82) is 0 Å². The van der Waals surface area contributed by atoms with Crippen LogP contribution in [0.4, 0.5) is 0 Å². The van der Waals surface area contributed by atoms with E-state index >= 15 is 0 Å². The van der Waals surface area contributed by atoms with Crippen LogP contribution >= 0.6 is 46.4 Å². The molecule has 4 atom stereocenters. The van der Waals surface area contributed by atoms with Gasteiger partial charge in [0.1, 0.15) is 9.91 Å². The summed E-state index contributed by atoms with van der Waals surface area (Å²) in [4.78, 5) is 10.3. The number of carbonyl (C=O) groups is 1. The molecule has 3 aliphatic carbocycles. The molecule has 3 aliphatic rings. The lowest BCUT2D eigenvalue weighted by atomic mass is 9.73. The summed E-state index contributed by atoms with van der Waals surface area (Å²) in [6.45, 7) is 0. The first-order chi connectivity index (χ1) is 7.41. The Labute approximate surface area is 113 Å². The van der Waals surface area contributed by atoms with Gasteiger partial charge in [-0.05, 0) is 12.3 Å². The Kier molecular flexibility index (Phi) is 2.28. The second-order valence-electron chi connectivity index (χ2n) is 4.63. The Morgan fingerprint density at radius 1 is 1.19 bits per heavy atom. The van der Waals surface area contributed by atoms with Crippen LogP contribution < -0.4 is 0 Å². The molecule has 0 saturated heterocycles. The highest BCUT2D eigenvalue weighted by Gasteiger charge is 2.70. The second-order valence-corrected chi connectivity index (χ2v) is 6.74. The first kappa shape index (κ1) is 11.4. The number of Topliss-reactive ketones (excluding diaryl/α,β-unsaturated/α-hetero) is 1. The molecule has 0 radical (unpaired) electrons. The van der Waals surface area contributed by atoms with Crippen molar-refractivity contribution >= 4 is 52.2 Å². The predicted octanol–water partition coefficient (Wildman–Crippen LogP) is 3.81. The summed E-state index contributed by atoms with van der Waals surface area (Å²) < 4.78 is 0. The fraction of sp³-hybridized carbons (Fsp3) is 0.545. The zero-order chi connectivity index (χ0) is 11.7. The molecular formula is C11H8Cl4O. The molecule has 1 fully saturated rings. The van der Waals surface area contributed by atoms with E-state index in [-0.39, 0.29) is 22.7 Å². The Bertz CT molecular complexity index is 455. The maximum atomic E-state index is 12.2. The van der Waals surface area contributed by atoms with E-state index in [1.807, 2.05) is 12.2 Å². The van der Waals surface area contributed by atoms with Crippen molar-refractivity contribution < 1.29 is 4.79 Å². The topological polar surface area (TPSA) is 17.1 Å². The molecule has 5 heteroatoms. The van der Waals surface area contributed by atoms with E-state index in [1.54, 1.807) is 0 Å². The Hall–Kier alpha value is 0.310. The van der Waals surface area contributed by atoms with Crippen LogP contribution in [0.25, 0.3) is 0 Å². The summed E-state index contributed by atoms with van der Waals surface area (Å²) in [7, 11) is 0. The number of alkyl halides is 2. The van der Waals surface area contributed by atoms with E-state index in [0.29, 0.717) is 11.5 Å². The average molecular weight is 298 g/mol. The van der Waals surface area contributed by atoms with Crippen LogP contribution in [0.1, 0.15) is 12.8 Å². The van der Waals surface area contributed by atoms with E-state index in [9.17, 15) is 4.79 Å². The van der Waals surface area contributed by atoms with Crippen LogP contribution in [0.15, 0.2) is 22.2 Å². The number of rotatable bonds is 0.